The molecule has 0 spiro atoms. The molecule has 0 radical (unpaired) electrons. The van der Waals surface area contributed by atoms with Gasteiger partial charge in [0, 0.05) is 24.2 Å². The molecule has 2 saturated heterocycles. The minimum atomic E-state index is -5.02. The van der Waals surface area contributed by atoms with E-state index >= 15 is 0 Å². The van der Waals surface area contributed by atoms with Gasteiger partial charge in [-0.25, -0.2) is 9.78 Å². The minimum absolute atomic E-state index is 0. The number of anilines is 1. The van der Waals surface area contributed by atoms with Crippen molar-refractivity contribution in [3.8, 4) is 16.9 Å². The maximum absolute atomic E-state index is 13.5. The SMILES string of the molecule is COc1ccc(C2CC2)cc1-c1ccc(N2CCC2)nc1CN1C(=O)OC(c2cc(C(F)(F)F)cc(C(F)(F)F)c2)C1C.C[O-].[K+]. The molecule has 46 heavy (non-hydrogen) atoms. The van der Waals surface area contributed by atoms with Crippen LogP contribution in [0.3, 0.4) is 0 Å². The number of carbonyl (C=O) groups excluding carboxylic acids is 1. The molecular formula is C32H32F6KN3O4. The number of carbonyl (C=O) groups is 1. The fraction of sp³-hybridized carbons (Fsp3) is 0.438. The van der Waals surface area contributed by atoms with E-state index in [0.29, 0.717) is 40.9 Å². The van der Waals surface area contributed by atoms with Crippen LogP contribution >= 0.6 is 0 Å². The van der Waals surface area contributed by atoms with Crippen molar-refractivity contribution >= 4 is 11.9 Å². The second kappa shape index (κ2) is 14.4. The summed E-state index contributed by atoms with van der Waals surface area (Å²) in [7, 11) is 2.31. The van der Waals surface area contributed by atoms with Crippen molar-refractivity contribution in [3.05, 3.63) is 76.5 Å². The minimum Gasteiger partial charge on any atom is -0.857 e. The summed E-state index contributed by atoms with van der Waals surface area (Å²) in [5.74, 6) is 1.79. The average Bonchev–Trinajstić information content (AvgIpc) is 3.79. The van der Waals surface area contributed by atoms with Crippen molar-refractivity contribution in [3.63, 3.8) is 0 Å². The summed E-state index contributed by atoms with van der Waals surface area (Å²) >= 11 is 0. The van der Waals surface area contributed by atoms with Crippen LogP contribution in [0.4, 0.5) is 37.0 Å². The van der Waals surface area contributed by atoms with E-state index in [0.717, 1.165) is 50.6 Å². The van der Waals surface area contributed by atoms with E-state index in [9.17, 15) is 31.1 Å². The average molecular weight is 676 g/mol. The van der Waals surface area contributed by atoms with E-state index < -0.39 is 41.7 Å². The molecule has 2 unspecified atom stereocenters. The summed E-state index contributed by atoms with van der Waals surface area (Å²) in [6.45, 7) is 3.12. The number of aromatic nitrogens is 1. The van der Waals surface area contributed by atoms with Crippen LogP contribution in [0.15, 0.2) is 48.5 Å². The third-order valence-electron chi connectivity index (χ3n) is 8.35. The Morgan fingerprint density at radius 3 is 2.07 bits per heavy atom. The first kappa shape index (κ1) is 36.5. The first-order valence-corrected chi connectivity index (χ1v) is 14.4. The van der Waals surface area contributed by atoms with Gasteiger partial charge in [0.25, 0.3) is 0 Å². The predicted octanol–water partition coefficient (Wildman–Crippen LogP) is 3.94. The van der Waals surface area contributed by atoms with Crippen molar-refractivity contribution in [2.24, 2.45) is 0 Å². The summed E-state index contributed by atoms with van der Waals surface area (Å²) < 4.78 is 92.3. The first-order valence-electron chi connectivity index (χ1n) is 14.4. The number of rotatable bonds is 7. The molecule has 2 aliphatic heterocycles. The summed E-state index contributed by atoms with van der Waals surface area (Å²) in [5, 5.41) is 8.25. The Morgan fingerprint density at radius 1 is 0.913 bits per heavy atom. The molecule has 6 rings (SSSR count). The summed E-state index contributed by atoms with van der Waals surface area (Å²) in [5.41, 5.74) is -0.139. The largest absolute Gasteiger partial charge is 1.00 e. The van der Waals surface area contributed by atoms with Crippen LogP contribution in [0.5, 0.6) is 5.75 Å². The standard InChI is InChI=1S/C31H29F6N3O3.CH3O.K/c1-17-28(20-12-21(30(32,33)34)15-22(13-20)31(35,36)37)43-29(41)40(17)16-25-23(7-9-27(38-25)39-10-3-11-39)24-14-19(18-4-5-18)6-8-26(24)42-2;1-2;/h6-9,12-15,17-18,28H,3-5,10-11,16H2,1-2H3;1H3;/q;-1;+1. The molecule has 3 aliphatic rings. The second-order valence-corrected chi connectivity index (χ2v) is 11.3. The Balaban J connectivity index is 0.00000157. The van der Waals surface area contributed by atoms with Gasteiger partial charge in [0.15, 0.2) is 0 Å². The Hall–Kier alpha value is -2.36. The Morgan fingerprint density at radius 2 is 1.54 bits per heavy atom. The van der Waals surface area contributed by atoms with Crippen molar-refractivity contribution in [1.29, 1.82) is 0 Å². The van der Waals surface area contributed by atoms with E-state index in [2.05, 4.69) is 11.0 Å². The molecule has 3 aromatic rings. The Labute approximate surface area is 305 Å². The zero-order chi connectivity index (χ0) is 32.7. The molecule has 1 saturated carbocycles. The fourth-order valence-electron chi connectivity index (χ4n) is 5.65. The molecule has 1 aliphatic carbocycles. The second-order valence-electron chi connectivity index (χ2n) is 11.3. The number of hydrogen-bond donors (Lipinski definition) is 0. The van der Waals surface area contributed by atoms with Crippen LogP contribution in [-0.2, 0) is 23.6 Å². The molecule has 1 amide bonds. The van der Waals surface area contributed by atoms with Gasteiger partial charge in [-0.2, -0.15) is 33.5 Å². The van der Waals surface area contributed by atoms with E-state index in [-0.39, 0.29) is 69.6 Å². The van der Waals surface area contributed by atoms with Gasteiger partial charge in [-0.1, -0.05) is 6.07 Å². The van der Waals surface area contributed by atoms with Gasteiger partial charge in [0.2, 0.25) is 0 Å². The number of benzene rings is 2. The Bertz CT molecular complexity index is 1530. The molecule has 0 bridgehead atoms. The molecule has 0 N–H and O–H groups in total. The zero-order valence-corrected chi connectivity index (χ0v) is 29.0. The van der Waals surface area contributed by atoms with Crippen LogP contribution < -0.4 is 66.1 Å². The smallest absolute Gasteiger partial charge is 0.857 e. The van der Waals surface area contributed by atoms with Gasteiger partial charge in [-0.05, 0) is 85.7 Å². The number of nitrogens with zero attached hydrogens (tertiary/aromatic N) is 3. The van der Waals surface area contributed by atoms with Crippen LogP contribution in [0.2, 0.25) is 0 Å². The number of methoxy groups -OCH3 is 1. The summed E-state index contributed by atoms with van der Waals surface area (Å²) in [4.78, 5) is 21.4. The third kappa shape index (κ3) is 7.68. The topological polar surface area (TPSA) is 78.0 Å². The number of pyridine rings is 1. The molecule has 2 atom stereocenters. The number of amides is 1. The van der Waals surface area contributed by atoms with E-state index in [1.165, 1.54) is 11.8 Å². The summed E-state index contributed by atoms with van der Waals surface area (Å²) in [6, 6.07) is 10.2. The van der Waals surface area contributed by atoms with Gasteiger partial charge in [0.1, 0.15) is 17.7 Å². The molecular weight excluding hydrogens is 643 g/mol. The Kier molecular flexibility index (Phi) is 11.4. The van der Waals surface area contributed by atoms with Gasteiger partial charge in [-0.15, -0.1) is 0 Å². The normalized spacial score (nSPS) is 19.5. The number of hydrogen-bond acceptors (Lipinski definition) is 6. The van der Waals surface area contributed by atoms with Gasteiger partial charge in [-0.3, -0.25) is 4.90 Å². The molecule has 1 aromatic heterocycles. The molecule has 2 aromatic carbocycles. The fourth-order valence-corrected chi connectivity index (χ4v) is 5.65. The van der Waals surface area contributed by atoms with Crippen LogP contribution in [0.1, 0.15) is 66.2 Å². The summed E-state index contributed by atoms with van der Waals surface area (Å²) in [6.07, 6.45) is -9.05. The number of halogens is 6. The molecule has 3 fully saturated rings. The predicted molar refractivity (Wildman–Crippen MR) is 152 cm³/mol. The zero-order valence-electron chi connectivity index (χ0n) is 25.8. The monoisotopic (exact) mass is 675 g/mol. The van der Waals surface area contributed by atoms with Crippen LogP contribution in [0.25, 0.3) is 11.1 Å². The maximum atomic E-state index is 13.5. The molecule has 7 nitrogen and oxygen atoms in total. The van der Waals surface area contributed by atoms with Gasteiger partial charge < -0.3 is 19.5 Å². The molecule has 3 heterocycles. The van der Waals surface area contributed by atoms with Crippen molar-refractivity contribution in [2.75, 3.05) is 32.2 Å². The first-order chi connectivity index (χ1) is 21.3. The third-order valence-corrected chi connectivity index (χ3v) is 8.35. The van der Waals surface area contributed by atoms with E-state index in [4.69, 9.17) is 19.6 Å². The molecule has 14 heteroatoms. The number of alkyl halides is 6. The maximum Gasteiger partial charge on any atom is 1.00 e. The van der Waals surface area contributed by atoms with E-state index in [1.807, 2.05) is 24.3 Å². The number of cyclic esters (lactones) is 1. The molecule has 242 valence electrons. The van der Waals surface area contributed by atoms with Gasteiger partial charge in [0.05, 0.1) is 36.5 Å². The number of ether oxygens (including phenoxy) is 2. The van der Waals surface area contributed by atoms with Crippen LogP contribution in [0, 0.1) is 0 Å². The van der Waals surface area contributed by atoms with Gasteiger partial charge >= 0.3 is 69.8 Å². The van der Waals surface area contributed by atoms with Crippen molar-refractivity contribution in [1.82, 2.24) is 9.88 Å². The van der Waals surface area contributed by atoms with E-state index in [1.54, 1.807) is 7.11 Å². The van der Waals surface area contributed by atoms with Crippen molar-refractivity contribution < 1.29 is 97.1 Å². The van der Waals surface area contributed by atoms with Crippen LogP contribution in [-0.4, -0.2) is 49.3 Å². The van der Waals surface area contributed by atoms with Crippen molar-refractivity contribution in [2.45, 2.75) is 63.1 Å². The quantitative estimate of drug-likeness (QED) is 0.279.